The van der Waals surface area contributed by atoms with Gasteiger partial charge >= 0.3 is 5.97 Å². The zero-order chi connectivity index (χ0) is 28.1. The standard InChI is InChI=1S/C26H20N4O9/c1-2-39-23(31)9-10-27-25(32)26-20-11-14(28(33)34)3-6-17(20)24(18-7-4-15(29(35)36)12-21(18)26)19-8-5-16(30(37)38)13-22(19)26/h3-8,11-13,24H,2,9-10H2,1H3,(H,27,32). The monoisotopic (exact) mass is 532 g/mol. The Kier molecular flexibility index (Phi) is 6.05. The number of nitro benzene ring substituents is 3. The van der Waals surface area contributed by atoms with Gasteiger partial charge in [-0.05, 0) is 40.3 Å². The van der Waals surface area contributed by atoms with Crippen LogP contribution in [0.1, 0.15) is 52.6 Å². The molecule has 0 heterocycles. The molecule has 13 nitrogen and oxygen atoms in total. The molecule has 0 unspecified atom stereocenters. The van der Waals surface area contributed by atoms with Crippen LogP contribution in [0.4, 0.5) is 17.1 Å². The molecule has 3 aliphatic carbocycles. The number of nitrogens with one attached hydrogen (secondary N) is 1. The highest BCUT2D eigenvalue weighted by molar-refractivity contribution is 6.01. The van der Waals surface area contributed by atoms with Crippen LogP contribution in [-0.4, -0.2) is 39.8 Å². The van der Waals surface area contributed by atoms with Crippen molar-refractivity contribution < 1.29 is 29.1 Å². The number of carbonyl (C=O) groups excluding carboxylic acids is 2. The van der Waals surface area contributed by atoms with Crippen molar-refractivity contribution in [2.24, 2.45) is 0 Å². The van der Waals surface area contributed by atoms with E-state index in [1.54, 1.807) is 6.92 Å². The fourth-order valence-corrected chi connectivity index (χ4v) is 5.65. The van der Waals surface area contributed by atoms with E-state index in [1.807, 2.05) is 0 Å². The summed E-state index contributed by atoms with van der Waals surface area (Å²) in [7, 11) is 0. The van der Waals surface area contributed by atoms with E-state index in [9.17, 15) is 39.9 Å². The lowest BCUT2D eigenvalue weighted by atomic mass is 9.52. The van der Waals surface area contributed by atoms with Crippen LogP contribution in [0.15, 0.2) is 54.6 Å². The van der Waals surface area contributed by atoms with Gasteiger partial charge < -0.3 is 10.1 Å². The smallest absolute Gasteiger partial charge is 0.307 e. The summed E-state index contributed by atoms with van der Waals surface area (Å²) < 4.78 is 4.91. The molecule has 0 atom stereocenters. The maximum absolute atomic E-state index is 14.3. The molecule has 0 fully saturated rings. The molecule has 1 N–H and O–H groups in total. The van der Waals surface area contributed by atoms with Crippen molar-refractivity contribution in [3.8, 4) is 0 Å². The predicted octanol–water partition coefficient (Wildman–Crippen LogP) is 3.62. The second kappa shape index (κ2) is 9.28. The number of nitrogens with zero attached hydrogens (tertiary/aromatic N) is 3. The summed E-state index contributed by atoms with van der Waals surface area (Å²) in [4.78, 5) is 59.5. The quantitative estimate of drug-likeness (QED) is 0.257. The SMILES string of the molecule is CCOC(=O)CCNC(=O)C12c3cc([N+](=O)[O-])ccc3C(c3ccc([N+](=O)[O-])cc31)c1ccc([N+](=O)[O-])cc12. The number of hydrogen-bond donors (Lipinski definition) is 1. The molecule has 3 aromatic carbocycles. The third kappa shape index (κ3) is 3.77. The first-order valence-electron chi connectivity index (χ1n) is 11.9. The molecule has 39 heavy (non-hydrogen) atoms. The number of benzene rings is 3. The lowest BCUT2D eigenvalue weighted by molar-refractivity contribution is -0.385. The van der Waals surface area contributed by atoms with Crippen molar-refractivity contribution >= 4 is 28.9 Å². The number of ether oxygens (including phenoxy) is 1. The lowest BCUT2D eigenvalue weighted by Gasteiger charge is -2.49. The highest BCUT2D eigenvalue weighted by Crippen LogP contribution is 2.60. The number of carbonyl (C=O) groups is 2. The average molecular weight is 532 g/mol. The van der Waals surface area contributed by atoms with Gasteiger partial charge in [0.15, 0.2) is 0 Å². The molecule has 0 aromatic heterocycles. The number of nitro groups is 3. The first-order valence-corrected chi connectivity index (χ1v) is 11.9. The molecule has 1 amide bonds. The van der Waals surface area contributed by atoms with Crippen molar-refractivity contribution in [3.63, 3.8) is 0 Å². The van der Waals surface area contributed by atoms with E-state index in [-0.39, 0.29) is 53.3 Å². The number of rotatable bonds is 8. The average Bonchev–Trinajstić information content (AvgIpc) is 2.91. The fraction of sp³-hybridized carbons (Fsp3) is 0.231. The first-order chi connectivity index (χ1) is 18.6. The van der Waals surface area contributed by atoms with E-state index in [2.05, 4.69) is 5.32 Å². The van der Waals surface area contributed by atoms with Gasteiger partial charge in [0.05, 0.1) is 27.8 Å². The van der Waals surface area contributed by atoms with Crippen LogP contribution in [0.5, 0.6) is 0 Å². The second-order valence-electron chi connectivity index (χ2n) is 9.08. The minimum absolute atomic E-state index is 0.142. The molecule has 0 saturated heterocycles. The van der Waals surface area contributed by atoms with E-state index in [0.717, 1.165) is 0 Å². The maximum atomic E-state index is 14.3. The van der Waals surface area contributed by atoms with E-state index < -0.39 is 38.0 Å². The molecule has 3 aliphatic rings. The van der Waals surface area contributed by atoms with Gasteiger partial charge in [0.1, 0.15) is 5.41 Å². The minimum atomic E-state index is -1.91. The van der Waals surface area contributed by atoms with Crippen LogP contribution in [0.25, 0.3) is 0 Å². The summed E-state index contributed by atoms with van der Waals surface area (Å²) in [6.45, 7) is 1.61. The second-order valence-corrected chi connectivity index (χ2v) is 9.08. The summed E-state index contributed by atoms with van der Waals surface area (Å²) in [5.74, 6) is -1.89. The normalized spacial score (nSPS) is 17.8. The number of amides is 1. The highest BCUT2D eigenvalue weighted by Gasteiger charge is 2.57. The molecule has 0 radical (unpaired) electrons. The van der Waals surface area contributed by atoms with Crippen LogP contribution in [-0.2, 0) is 19.7 Å². The van der Waals surface area contributed by atoms with Gasteiger partial charge in [-0.3, -0.25) is 39.9 Å². The topological polar surface area (TPSA) is 185 Å². The Morgan fingerprint density at radius 3 is 1.56 bits per heavy atom. The molecular weight excluding hydrogens is 512 g/mol. The molecule has 2 bridgehead atoms. The third-order valence-corrected chi connectivity index (χ3v) is 7.15. The van der Waals surface area contributed by atoms with E-state index in [0.29, 0.717) is 16.7 Å². The molecule has 6 rings (SSSR count). The lowest BCUT2D eigenvalue weighted by Crippen LogP contribution is -2.53. The Labute approximate surface area is 219 Å². The van der Waals surface area contributed by atoms with E-state index >= 15 is 0 Å². The highest BCUT2D eigenvalue weighted by atomic mass is 16.6. The molecule has 198 valence electrons. The number of non-ortho nitro benzene ring substituents is 3. The molecule has 13 heteroatoms. The van der Waals surface area contributed by atoms with Gasteiger partial charge in [-0.15, -0.1) is 0 Å². The molecule has 0 spiro atoms. The Morgan fingerprint density at radius 2 is 1.21 bits per heavy atom. The van der Waals surface area contributed by atoms with Gasteiger partial charge in [0, 0.05) is 48.9 Å². The molecule has 0 saturated carbocycles. The number of esters is 1. The molecule has 0 aliphatic heterocycles. The maximum Gasteiger partial charge on any atom is 0.307 e. The third-order valence-electron chi connectivity index (χ3n) is 7.15. The van der Waals surface area contributed by atoms with Crippen molar-refractivity contribution in [2.45, 2.75) is 24.7 Å². The Bertz CT molecular complexity index is 1440. The largest absolute Gasteiger partial charge is 0.466 e. The van der Waals surface area contributed by atoms with Crippen LogP contribution >= 0.6 is 0 Å². The summed E-state index contributed by atoms with van der Waals surface area (Å²) in [6, 6.07) is 12.2. The summed E-state index contributed by atoms with van der Waals surface area (Å²) in [5, 5.41) is 37.9. The Morgan fingerprint density at radius 1 is 0.795 bits per heavy atom. The van der Waals surface area contributed by atoms with E-state index in [1.165, 1.54) is 54.6 Å². The zero-order valence-electron chi connectivity index (χ0n) is 20.4. The Hall–Kier alpha value is -5.20. The summed E-state index contributed by atoms with van der Waals surface area (Å²) in [5.41, 5.74) is -0.620. The number of hydrogen-bond acceptors (Lipinski definition) is 9. The molecule has 3 aromatic rings. The summed E-state index contributed by atoms with van der Waals surface area (Å²) >= 11 is 0. The van der Waals surface area contributed by atoms with Crippen molar-refractivity contribution in [1.82, 2.24) is 5.32 Å². The molecular formula is C26H20N4O9. The van der Waals surface area contributed by atoms with Gasteiger partial charge in [-0.25, -0.2) is 0 Å². The predicted molar refractivity (Wildman–Crippen MR) is 134 cm³/mol. The minimum Gasteiger partial charge on any atom is -0.466 e. The van der Waals surface area contributed by atoms with Crippen LogP contribution < -0.4 is 5.32 Å². The van der Waals surface area contributed by atoms with Gasteiger partial charge in [0.2, 0.25) is 5.91 Å². The van der Waals surface area contributed by atoms with Gasteiger partial charge in [-0.2, -0.15) is 0 Å². The van der Waals surface area contributed by atoms with Gasteiger partial charge in [-0.1, -0.05) is 18.2 Å². The van der Waals surface area contributed by atoms with Crippen molar-refractivity contribution in [1.29, 1.82) is 0 Å². The summed E-state index contributed by atoms with van der Waals surface area (Å²) in [6.07, 6.45) is -0.177. The van der Waals surface area contributed by atoms with Gasteiger partial charge in [0.25, 0.3) is 17.1 Å². The van der Waals surface area contributed by atoms with Crippen LogP contribution in [0.2, 0.25) is 0 Å². The van der Waals surface area contributed by atoms with Crippen LogP contribution in [0, 0.1) is 30.3 Å². The van der Waals surface area contributed by atoms with Crippen molar-refractivity contribution in [3.05, 3.63) is 118 Å². The first kappa shape index (κ1) is 25.4. The van der Waals surface area contributed by atoms with Crippen molar-refractivity contribution in [2.75, 3.05) is 13.2 Å². The Balaban J connectivity index is 1.82. The fourth-order valence-electron chi connectivity index (χ4n) is 5.65. The zero-order valence-corrected chi connectivity index (χ0v) is 20.4. The van der Waals surface area contributed by atoms with Crippen LogP contribution in [0.3, 0.4) is 0 Å². The van der Waals surface area contributed by atoms with E-state index in [4.69, 9.17) is 4.74 Å².